The SMILES string of the molecule is O=C(O)CC(NC(=O)c1ccc(N2CCN(C(=O)N3CCOCC3)CC2)c(NC(=O)COc2ccccc2)c1)c1cccnc1. The number of carboxylic acids is 1. The molecule has 236 valence electrons. The van der Waals surface area contributed by atoms with Crippen LogP contribution in [-0.4, -0.2) is 103 Å². The van der Waals surface area contributed by atoms with Crippen molar-refractivity contribution in [2.75, 3.05) is 69.3 Å². The molecule has 1 atom stereocenters. The van der Waals surface area contributed by atoms with E-state index >= 15 is 0 Å². The average molecular weight is 617 g/mol. The number of ether oxygens (including phenoxy) is 2. The second kappa shape index (κ2) is 15.0. The third-order valence-corrected chi connectivity index (χ3v) is 7.59. The topological polar surface area (TPSA) is 154 Å². The van der Waals surface area contributed by atoms with E-state index in [9.17, 15) is 24.3 Å². The average Bonchev–Trinajstić information content (AvgIpc) is 3.08. The first kappa shape index (κ1) is 31.3. The zero-order valence-electron chi connectivity index (χ0n) is 24.8. The fraction of sp³-hybridized carbons (Fsp3) is 0.344. The number of nitrogens with one attached hydrogen (secondary N) is 2. The van der Waals surface area contributed by atoms with Crippen molar-refractivity contribution in [3.63, 3.8) is 0 Å². The van der Waals surface area contributed by atoms with Gasteiger partial charge in [-0.2, -0.15) is 0 Å². The van der Waals surface area contributed by atoms with Crippen molar-refractivity contribution in [2.24, 2.45) is 0 Å². The smallest absolute Gasteiger partial charge is 0.320 e. The van der Waals surface area contributed by atoms with Crippen molar-refractivity contribution in [2.45, 2.75) is 12.5 Å². The molecule has 3 aromatic rings. The highest BCUT2D eigenvalue weighted by atomic mass is 16.5. The molecule has 13 heteroatoms. The number of hydrogen-bond acceptors (Lipinski definition) is 8. The highest BCUT2D eigenvalue weighted by Gasteiger charge is 2.28. The minimum Gasteiger partial charge on any atom is -0.484 e. The lowest BCUT2D eigenvalue weighted by Crippen LogP contribution is -2.55. The molecule has 2 fully saturated rings. The molecular weight excluding hydrogens is 580 g/mol. The molecule has 45 heavy (non-hydrogen) atoms. The van der Waals surface area contributed by atoms with Gasteiger partial charge in [-0.25, -0.2) is 4.79 Å². The molecule has 2 aliphatic rings. The van der Waals surface area contributed by atoms with Gasteiger partial charge in [0, 0.05) is 57.2 Å². The van der Waals surface area contributed by atoms with Crippen LogP contribution >= 0.6 is 0 Å². The Morgan fingerprint density at radius 3 is 2.33 bits per heavy atom. The van der Waals surface area contributed by atoms with Crippen LogP contribution in [0.5, 0.6) is 5.75 Å². The van der Waals surface area contributed by atoms with Crippen molar-refractivity contribution >= 4 is 35.2 Å². The van der Waals surface area contributed by atoms with Crippen molar-refractivity contribution in [3.8, 4) is 5.75 Å². The molecule has 0 saturated carbocycles. The van der Waals surface area contributed by atoms with Crippen LogP contribution in [0.2, 0.25) is 0 Å². The molecular formula is C32H36N6O7. The molecule has 0 bridgehead atoms. The second-order valence-corrected chi connectivity index (χ2v) is 10.6. The molecule has 1 aromatic heterocycles. The van der Waals surface area contributed by atoms with Crippen LogP contribution in [0.1, 0.15) is 28.4 Å². The van der Waals surface area contributed by atoms with Crippen molar-refractivity contribution in [1.29, 1.82) is 0 Å². The number of carbonyl (C=O) groups is 4. The maximum Gasteiger partial charge on any atom is 0.320 e. The minimum atomic E-state index is -1.07. The normalized spacial score (nSPS) is 15.6. The van der Waals surface area contributed by atoms with Gasteiger partial charge in [0.05, 0.1) is 37.1 Å². The lowest BCUT2D eigenvalue weighted by Gasteiger charge is -2.39. The highest BCUT2D eigenvalue weighted by molar-refractivity contribution is 6.00. The largest absolute Gasteiger partial charge is 0.484 e. The van der Waals surface area contributed by atoms with Gasteiger partial charge in [0.25, 0.3) is 11.8 Å². The molecule has 0 radical (unpaired) electrons. The molecule has 13 nitrogen and oxygen atoms in total. The number of benzene rings is 2. The number of nitrogens with zero attached hydrogens (tertiary/aromatic N) is 4. The van der Waals surface area contributed by atoms with E-state index in [1.807, 2.05) is 11.0 Å². The molecule has 2 saturated heterocycles. The van der Waals surface area contributed by atoms with Gasteiger partial charge in [-0.15, -0.1) is 0 Å². The summed E-state index contributed by atoms with van der Waals surface area (Å²) in [5, 5.41) is 15.1. The van der Waals surface area contributed by atoms with Crippen molar-refractivity contribution in [3.05, 3.63) is 84.2 Å². The van der Waals surface area contributed by atoms with Crippen LogP contribution < -0.4 is 20.3 Å². The number of amides is 4. The number of carbonyl (C=O) groups excluding carboxylic acids is 3. The standard InChI is InChI=1S/C32H36N6O7/c39-29(22-45-25-6-2-1-3-7-25)34-27-19-23(31(42)35-26(20-30(40)41)24-5-4-10-33-21-24)8-9-28(27)36-11-13-37(14-12-36)32(43)38-15-17-44-18-16-38/h1-10,19,21,26H,11-18,20,22H2,(H,34,39)(H,35,42)(H,40,41). The van der Waals surface area contributed by atoms with E-state index in [1.54, 1.807) is 65.7 Å². The Labute approximate surface area is 260 Å². The Kier molecular flexibility index (Phi) is 10.4. The number of para-hydroxylation sites is 1. The number of aromatic nitrogens is 1. The van der Waals surface area contributed by atoms with Gasteiger partial charge < -0.3 is 39.9 Å². The molecule has 3 N–H and O–H groups in total. The first-order chi connectivity index (χ1) is 21.9. The van der Waals surface area contributed by atoms with Crippen molar-refractivity contribution < 1.29 is 33.8 Å². The number of pyridine rings is 1. The van der Waals surface area contributed by atoms with E-state index in [0.717, 1.165) is 0 Å². The molecule has 1 unspecified atom stereocenters. The quantitative estimate of drug-likeness (QED) is 0.312. The van der Waals surface area contributed by atoms with Crippen LogP contribution in [0, 0.1) is 0 Å². The van der Waals surface area contributed by atoms with Crippen LogP contribution in [0.15, 0.2) is 73.1 Å². The van der Waals surface area contributed by atoms with E-state index in [2.05, 4.69) is 20.5 Å². The predicted octanol–water partition coefficient (Wildman–Crippen LogP) is 2.62. The molecule has 4 amide bonds. The zero-order valence-corrected chi connectivity index (χ0v) is 24.8. The first-order valence-electron chi connectivity index (χ1n) is 14.8. The van der Waals surface area contributed by atoms with E-state index in [0.29, 0.717) is 75.2 Å². The first-order valence-corrected chi connectivity index (χ1v) is 14.8. The molecule has 2 aliphatic heterocycles. The Morgan fingerprint density at radius 1 is 0.911 bits per heavy atom. The lowest BCUT2D eigenvalue weighted by molar-refractivity contribution is -0.137. The monoisotopic (exact) mass is 616 g/mol. The molecule has 0 spiro atoms. The number of aliphatic carboxylic acids is 1. The summed E-state index contributed by atoms with van der Waals surface area (Å²) < 4.78 is 11.0. The summed E-state index contributed by atoms with van der Waals surface area (Å²) in [7, 11) is 0. The maximum absolute atomic E-state index is 13.4. The lowest BCUT2D eigenvalue weighted by atomic mass is 10.0. The predicted molar refractivity (Wildman–Crippen MR) is 165 cm³/mol. The van der Waals surface area contributed by atoms with Gasteiger partial charge in [0.2, 0.25) is 0 Å². The zero-order chi connectivity index (χ0) is 31.6. The van der Waals surface area contributed by atoms with Gasteiger partial charge in [-0.05, 0) is 42.0 Å². The number of carboxylic acid groups (broad SMARTS) is 1. The Balaban J connectivity index is 1.32. The van der Waals surface area contributed by atoms with Crippen LogP contribution in [0.4, 0.5) is 16.2 Å². The number of anilines is 2. The van der Waals surface area contributed by atoms with E-state index in [-0.39, 0.29) is 24.6 Å². The Hall–Kier alpha value is -5.17. The number of hydrogen-bond donors (Lipinski definition) is 3. The molecule has 3 heterocycles. The molecule has 5 rings (SSSR count). The summed E-state index contributed by atoms with van der Waals surface area (Å²) in [5.41, 5.74) is 1.88. The summed E-state index contributed by atoms with van der Waals surface area (Å²) >= 11 is 0. The number of urea groups is 1. The highest BCUT2D eigenvalue weighted by Crippen LogP contribution is 2.29. The van der Waals surface area contributed by atoms with Crippen LogP contribution in [-0.2, 0) is 14.3 Å². The third-order valence-electron chi connectivity index (χ3n) is 7.59. The fourth-order valence-corrected chi connectivity index (χ4v) is 5.25. The third kappa shape index (κ3) is 8.48. The summed E-state index contributed by atoms with van der Waals surface area (Å²) in [6.45, 7) is 3.97. The maximum atomic E-state index is 13.4. The number of piperazine rings is 1. The van der Waals surface area contributed by atoms with E-state index in [1.165, 1.54) is 6.20 Å². The van der Waals surface area contributed by atoms with Crippen LogP contribution in [0.3, 0.4) is 0 Å². The molecule has 0 aliphatic carbocycles. The van der Waals surface area contributed by atoms with Crippen molar-refractivity contribution in [1.82, 2.24) is 20.1 Å². The second-order valence-electron chi connectivity index (χ2n) is 10.6. The van der Waals surface area contributed by atoms with Gasteiger partial charge in [0.1, 0.15) is 5.75 Å². The fourth-order valence-electron chi connectivity index (χ4n) is 5.25. The number of morpholine rings is 1. The van der Waals surface area contributed by atoms with Gasteiger partial charge in [0.15, 0.2) is 6.61 Å². The van der Waals surface area contributed by atoms with Crippen LogP contribution in [0.25, 0.3) is 0 Å². The van der Waals surface area contributed by atoms with Gasteiger partial charge in [-0.3, -0.25) is 19.4 Å². The van der Waals surface area contributed by atoms with E-state index < -0.39 is 23.8 Å². The minimum absolute atomic E-state index is 0.0129. The summed E-state index contributed by atoms with van der Waals surface area (Å²) in [4.78, 5) is 60.6. The molecule has 2 aromatic carbocycles. The van der Waals surface area contributed by atoms with E-state index in [4.69, 9.17) is 9.47 Å². The summed E-state index contributed by atoms with van der Waals surface area (Å²) in [5.74, 6) is -1.45. The van der Waals surface area contributed by atoms with Gasteiger partial charge in [-0.1, -0.05) is 24.3 Å². The Bertz CT molecular complexity index is 1480. The van der Waals surface area contributed by atoms with Gasteiger partial charge >= 0.3 is 12.0 Å². The summed E-state index contributed by atoms with van der Waals surface area (Å²) in [6, 6.07) is 16.5. The number of rotatable bonds is 10. The Morgan fingerprint density at radius 2 is 1.64 bits per heavy atom. The summed E-state index contributed by atoms with van der Waals surface area (Å²) in [6.07, 6.45) is 2.75.